The summed E-state index contributed by atoms with van der Waals surface area (Å²) in [4.78, 5) is 10.7. The van der Waals surface area contributed by atoms with Gasteiger partial charge in [-0.3, -0.25) is 0 Å². The highest BCUT2D eigenvalue weighted by molar-refractivity contribution is 6.31. The molecule has 0 bridgehead atoms. The fourth-order valence-electron chi connectivity index (χ4n) is 2.83. The molecule has 5 nitrogen and oxygen atoms in total. The minimum absolute atomic E-state index is 0.0488. The molecule has 1 unspecified atom stereocenters. The Balaban J connectivity index is 1.85. The van der Waals surface area contributed by atoms with Crippen LogP contribution < -0.4 is 16.0 Å². The average molecular weight is 336 g/mol. The van der Waals surface area contributed by atoms with E-state index in [0.29, 0.717) is 23.1 Å². The van der Waals surface area contributed by atoms with E-state index in [-0.39, 0.29) is 5.02 Å². The highest BCUT2D eigenvalue weighted by Crippen LogP contribution is 2.31. The molecule has 0 saturated carbocycles. The van der Waals surface area contributed by atoms with Crippen LogP contribution in [0.2, 0.25) is 5.02 Å². The molecule has 0 amide bonds. The van der Waals surface area contributed by atoms with Gasteiger partial charge in [-0.05, 0) is 37.0 Å². The Hall–Kier alpha value is -2.08. The summed E-state index contributed by atoms with van der Waals surface area (Å²) in [6.07, 6.45) is 3.83. The standard InChI is InChI=1S/C16H19ClFN5/c1-10-3-2-6-23(8-10)16-14(19)15(20-9-21-16)22-11-4-5-13(18)12(17)7-11/h4-5,7,9-10H,2-3,6,8,19H2,1H3,(H,20,21,22). The Morgan fingerprint density at radius 3 is 2.96 bits per heavy atom. The molecule has 1 fully saturated rings. The summed E-state index contributed by atoms with van der Waals surface area (Å²) in [5.74, 6) is 1.39. The Labute approximate surface area is 139 Å². The molecule has 2 aromatic rings. The van der Waals surface area contributed by atoms with Crippen molar-refractivity contribution >= 4 is 34.6 Å². The van der Waals surface area contributed by atoms with Crippen LogP contribution in [0, 0.1) is 11.7 Å². The van der Waals surface area contributed by atoms with Crippen LogP contribution >= 0.6 is 11.6 Å². The van der Waals surface area contributed by atoms with E-state index in [1.165, 1.54) is 24.9 Å². The van der Waals surface area contributed by atoms with Crippen molar-refractivity contribution in [2.45, 2.75) is 19.8 Å². The molecule has 23 heavy (non-hydrogen) atoms. The van der Waals surface area contributed by atoms with Gasteiger partial charge in [0.05, 0.1) is 5.02 Å². The van der Waals surface area contributed by atoms with Crippen molar-refractivity contribution in [2.24, 2.45) is 5.92 Å². The molecule has 3 rings (SSSR count). The van der Waals surface area contributed by atoms with Crippen LogP contribution in [-0.4, -0.2) is 23.1 Å². The van der Waals surface area contributed by atoms with Gasteiger partial charge in [-0.15, -0.1) is 0 Å². The van der Waals surface area contributed by atoms with Gasteiger partial charge in [-0.2, -0.15) is 0 Å². The summed E-state index contributed by atoms with van der Waals surface area (Å²) >= 11 is 5.80. The summed E-state index contributed by atoms with van der Waals surface area (Å²) in [5.41, 5.74) is 7.35. The van der Waals surface area contributed by atoms with Crippen molar-refractivity contribution in [1.29, 1.82) is 0 Å². The third kappa shape index (κ3) is 3.47. The van der Waals surface area contributed by atoms with Gasteiger partial charge in [-0.25, -0.2) is 14.4 Å². The van der Waals surface area contributed by atoms with E-state index in [0.717, 1.165) is 25.3 Å². The first-order valence-electron chi connectivity index (χ1n) is 7.62. The second kappa shape index (κ2) is 6.58. The zero-order chi connectivity index (χ0) is 16.4. The fourth-order valence-corrected chi connectivity index (χ4v) is 3.01. The molecule has 3 N–H and O–H groups in total. The first-order chi connectivity index (χ1) is 11.0. The van der Waals surface area contributed by atoms with Crippen molar-refractivity contribution in [3.63, 3.8) is 0 Å². The Morgan fingerprint density at radius 1 is 1.39 bits per heavy atom. The molecule has 1 saturated heterocycles. The van der Waals surface area contributed by atoms with Crippen LogP contribution in [0.5, 0.6) is 0 Å². The van der Waals surface area contributed by atoms with Crippen LogP contribution in [0.25, 0.3) is 0 Å². The molecule has 122 valence electrons. The Bertz CT molecular complexity index is 709. The molecule has 0 radical (unpaired) electrons. The number of aromatic nitrogens is 2. The van der Waals surface area contributed by atoms with Gasteiger partial charge in [0.15, 0.2) is 11.6 Å². The lowest BCUT2D eigenvalue weighted by atomic mass is 10.0. The molecule has 0 aliphatic carbocycles. The molecule has 1 aliphatic heterocycles. The van der Waals surface area contributed by atoms with Crippen molar-refractivity contribution in [1.82, 2.24) is 9.97 Å². The first kappa shape index (κ1) is 15.8. The predicted octanol–water partition coefficient (Wildman–Crippen LogP) is 3.83. The highest BCUT2D eigenvalue weighted by Gasteiger charge is 2.21. The summed E-state index contributed by atoms with van der Waals surface area (Å²) in [6.45, 7) is 4.10. The van der Waals surface area contributed by atoms with Crippen LogP contribution in [0.15, 0.2) is 24.5 Å². The van der Waals surface area contributed by atoms with Crippen LogP contribution in [-0.2, 0) is 0 Å². The number of hydrogen-bond donors (Lipinski definition) is 2. The van der Waals surface area contributed by atoms with E-state index < -0.39 is 5.82 Å². The van der Waals surface area contributed by atoms with E-state index in [4.69, 9.17) is 17.3 Å². The lowest BCUT2D eigenvalue weighted by Crippen LogP contribution is -2.35. The monoisotopic (exact) mass is 335 g/mol. The van der Waals surface area contributed by atoms with Gasteiger partial charge >= 0.3 is 0 Å². The van der Waals surface area contributed by atoms with E-state index >= 15 is 0 Å². The van der Waals surface area contributed by atoms with Gasteiger partial charge in [0.2, 0.25) is 0 Å². The Morgan fingerprint density at radius 2 is 2.22 bits per heavy atom. The largest absolute Gasteiger partial charge is 0.393 e. The first-order valence-corrected chi connectivity index (χ1v) is 8.00. The van der Waals surface area contributed by atoms with Gasteiger partial charge in [-0.1, -0.05) is 18.5 Å². The molecular formula is C16H19ClFN5. The summed E-state index contributed by atoms with van der Waals surface area (Å²) in [7, 11) is 0. The fraction of sp³-hybridized carbons (Fsp3) is 0.375. The number of benzene rings is 1. The van der Waals surface area contributed by atoms with Gasteiger partial charge in [0.1, 0.15) is 17.8 Å². The van der Waals surface area contributed by atoms with Gasteiger partial charge in [0, 0.05) is 18.8 Å². The molecule has 0 spiro atoms. The average Bonchev–Trinajstić information content (AvgIpc) is 2.53. The molecule has 7 heteroatoms. The van der Waals surface area contributed by atoms with Gasteiger partial charge < -0.3 is 16.0 Å². The lowest BCUT2D eigenvalue weighted by molar-refractivity contribution is 0.445. The van der Waals surface area contributed by atoms with Crippen molar-refractivity contribution in [3.05, 3.63) is 35.4 Å². The molecule has 1 aromatic carbocycles. The number of halogens is 2. The molecule has 1 atom stereocenters. The van der Waals surface area contributed by atoms with Crippen molar-refractivity contribution in [2.75, 3.05) is 29.0 Å². The zero-order valence-corrected chi connectivity index (χ0v) is 13.6. The van der Waals surface area contributed by atoms with Crippen LogP contribution in [0.3, 0.4) is 0 Å². The van der Waals surface area contributed by atoms with Gasteiger partial charge in [0.25, 0.3) is 0 Å². The van der Waals surface area contributed by atoms with E-state index in [9.17, 15) is 4.39 Å². The van der Waals surface area contributed by atoms with Crippen LogP contribution in [0.4, 0.5) is 27.4 Å². The lowest BCUT2D eigenvalue weighted by Gasteiger charge is -2.32. The smallest absolute Gasteiger partial charge is 0.159 e. The molecule has 1 aliphatic rings. The number of anilines is 4. The number of nitrogens with one attached hydrogen (secondary N) is 1. The maximum absolute atomic E-state index is 13.2. The predicted molar refractivity (Wildman–Crippen MR) is 91.7 cm³/mol. The zero-order valence-electron chi connectivity index (χ0n) is 12.9. The number of nitrogen functional groups attached to an aromatic ring is 1. The maximum atomic E-state index is 13.2. The summed E-state index contributed by atoms with van der Waals surface area (Å²) in [6, 6.07) is 4.39. The summed E-state index contributed by atoms with van der Waals surface area (Å²) < 4.78 is 13.2. The Kier molecular flexibility index (Phi) is 4.52. The number of hydrogen-bond acceptors (Lipinski definition) is 5. The van der Waals surface area contributed by atoms with Crippen molar-refractivity contribution < 1.29 is 4.39 Å². The number of rotatable bonds is 3. The van der Waals surface area contributed by atoms with Crippen molar-refractivity contribution in [3.8, 4) is 0 Å². The number of nitrogens with zero attached hydrogens (tertiary/aromatic N) is 3. The van der Waals surface area contributed by atoms with Crippen LogP contribution in [0.1, 0.15) is 19.8 Å². The third-order valence-corrected chi connectivity index (χ3v) is 4.29. The number of nitrogens with two attached hydrogens (primary N) is 1. The van der Waals surface area contributed by atoms with E-state index in [1.807, 2.05) is 0 Å². The molecular weight excluding hydrogens is 317 g/mol. The van der Waals surface area contributed by atoms with E-state index in [2.05, 4.69) is 27.1 Å². The second-order valence-electron chi connectivity index (χ2n) is 5.91. The summed E-state index contributed by atoms with van der Waals surface area (Å²) in [5, 5.41) is 3.13. The van der Waals surface area contributed by atoms with E-state index in [1.54, 1.807) is 6.07 Å². The third-order valence-electron chi connectivity index (χ3n) is 4.00. The maximum Gasteiger partial charge on any atom is 0.159 e. The molecule has 2 heterocycles. The minimum atomic E-state index is -0.462. The second-order valence-corrected chi connectivity index (χ2v) is 6.31. The SMILES string of the molecule is CC1CCCN(c2ncnc(Nc3ccc(F)c(Cl)c3)c2N)C1. The number of piperidine rings is 1. The normalized spacial score (nSPS) is 18.0. The minimum Gasteiger partial charge on any atom is -0.393 e. The topological polar surface area (TPSA) is 67.1 Å². The quantitative estimate of drug-likeness (QED) is 0.892. The highest BCUT2D eigenvalue weighted by atomic mass is 35.5. The molecule has 1 aromatic heterocycles.